The molecule has 2 heterocycles. The summed E-state index contributed by atoms with van der Waals surface area (Å²) in [4.78, 5) is 9.10. The van der Waals surface area contributed by atoms with Crippen molar-refractivity contribution in [3.8, 4) is 0 Å². The molecular formula is C19H24N6. The van der Waals surface area contributed by atoms with Gasteiger partial charge in [0.2, 0.25) is 5.95 Å². The molecule has 0 aliphatic heterocycles. The van der Waals surface area contributed by atoms with Crippen LogP contribution >= 0.6 is 0 Å². The molecule has 0 saturated heterocycles. The summed E-state index contributed by atoms with van der Waals surface area (Å²) < 4.78 is 1.73. The molecule has 25 heavy (non-hydrogen) atoms. The lowest BCUT2D eigenvalue weighted by molar-refractivity contribution is 0.300. The highest BCUT2D eigenvalue weighted by molar-refractivity contribution is 5.86. The molecule has 1 aromatic carbocycles. The molecule has 1 aliphatic carbocycles. The molecule has 0 spiro atoms. The fraction of sp³-hybridized carbons (Fsp3) is 0.421. The van der Waals surface area contributed by atoms with Gasteiger partial charge < -0.3 is 11.1 Å². The maximum absolute atomic E-state index is 6.11. The Balaban J connectivity index is 1.74. The Morgan fingerprint density at radius 2 is 2.04 bits per heavy atom. The molecule has 6 nitrogen and oxygen atoms in total. The zero-order valence-electron chi connectivity index (χ0n) is 15.0. The van der Waals surface area contributed by atoms with E-state index in [9.17, 15) is 0 Å². The quantitative estimate of drug-likeness (QED) is 0.700. The minimum absolute atomic E-state index is 0.166. The minimum Gasteiger partial charge on any atom is -0.383 e. The van der Waals surface area contributed by atoms with Gasteiger partial charge in [-0.25, -0.2) is 0 Å². The van der Waals surface area contributed by atoms with Crippen LogP contribution in [0.15, 0.2) is 30.5 Å². The number of nitrogens with two attached hydrogens (primary N) is 1. The molecule has 0 radical (unpaired) electrons. The van der Waals surface area contributed by atoms with E-state index in [1.54, 1.807) is 10.9 Å². The first-order chi connectivity index (χ1) is 11.9. The van der Waals surface area contributed by atoms with Crippen LogP contribution in [-0.4, -0.2) is 19.7 Å². The highest BCUT2D eigenvalue weighted by atomic mass is 15.3. The first-order valence-electron chi connectivity index (χ1n) is 8.72. The number of nitrogen functional groups attached to an aromatic ring is 1. The SMILES string of the molecule is Cn1ncc2c(N)nc(NC3CC(C)(C)CCc4ccccc43)nc21. The van der Waals surface area contributed by atoms with E-state index in [1.165, 1.54) is 17.5 Å². The Hall–Kier alpha value is -2.63. The van der Waals surface area contributed by atoms with Crippen LogP contribution in [-0.2, 0) is 13.5 Å². The van der Waals surface area contributed by atoms with Crippen LogP contribution in [0.4, 0.5) is 11.8 Å². The van der Waals surface area contributed by atoms with Crippen molar-refractivity contribution in [1.82, 2.24) is 19.7 Å². The molecular weight excluding hydrogens is 312 g/mol. The van der Waals surface area contributed by atoms with Crippen molar-refractivity contribution in [3.05, 3.63) is 41.6 Å². The molecule has 1 atom stereocenters. The normalized spacial score (nSPS) is 19.4. The van der Waals surface area contributed by atoms with Crippen LogP contribution in [0.2, 0.25) is 0 Å². The van der Waals surface area contributed by atoms with E-state index in [0.717, 1.165) is 23.9 Å². The van der Waals surface area contributed by atoms with Crippen LogP contribution in [0.5, 0.6) is 0 Å². The molecule has 0 bridgehead atoms. The van der Waals surface area contributed by atoms with Gasteiger partial charge in [-0.2, -0.15) is 15.1 Å². The molecule has 3 N–H and O–H groups in total. The maximum atomic E-state index is 6.11. The smallest absolute Gasteiger partial charge is 0.227 e. The molecule has 0 saturated carbocycles. The molecule has 6 heteroatoms. The van der Waals surface area contributed by atoms with Gasteiger partial charge in [-0.3, -0.25) is 4.68 Å². The van der Waals surface area contributed by atoms with E-state index < -0.39 is 0 Å². The molecule has 0 amide bonds. The second-order valence-electron chi connectivity index (χ2n) is 7.70. The number of anilines is 2. The minimum atomic E-state index is 0.166. The number of fused-ring (bicyclic) bond motifs is 2. The zero-order valence-corrected chi connectivity index (χ0v) is 15.0. The van der Waals surface area contributed by atoms with Crippen molar-refractivity contribution in [2.75, 3.05) is 11.1 Å². The zero-order chi connectivity index (χ0) is 17.6. The van der Waals surface area contributed by atoms with E-state index in [2.05, 4.69) is 58.5 Å². The summed E-state index contributed by atoms with van der Waals surface area (Å²) in [5, 5.41) is 8.55. The van der Waals surface area contributed by atoms with E-state index in [-0.39, 0.29) is 11.5 Å². The predicted molar refractivity (Wildman–Crippen MR) is 100 cm³/mol. The summed E-state index contributed by atoms with van der Waals surface area (Å²) in [5.74, 6) is 1.02. The van der Waals surface area contributed by atoms with E-state index >= 15 is 0 Å². The third-order valence-electron chi connectivity index (χ3n) is 5.18. The summed E-state index contributed by atoms with van der Waals surface area (Å²) in [6.45, 7) is 4.65. The number of aromatic nitrogens is 4. The lowest BCUT2D eigenvalue weighted by Gasteiger charge is -2.27. The number of aryl methyl sites for hydroxylation is 2. The standard InChI is InChI=1S/C19H24N6/c1-19(2)9-8-12-6-4-5-7-13(12)15(10-19)22-18-23-16(20)14-11-21-25(3)17(14)24-18/h4-7,11,15H,8-10H2,1-3H3,(H3,20,22,23,24). The van der Waals surface area contributed by atoms with Gasteiger partial charge in [0.25, 0.3) is 0 Å². The molecule has 3 aromatic rings. The summed E-state index contributed by atoms with van der Waals surface area (Å²) in [6.07, 6.45) is 5.01. The van der Waals surface area contributed by atoms with Crippen LogP contribution in [0.3, 0.4) is 0 Å². The molecule has 4 rings (SSSR count). The fourth-order valence-corrected chi connectivity index (χ4v) is 3.73. The molecule has 2 aromatic heterocycles. The Morgan fingerprint density at radius 1 is 1.24 bits per heavy atom. The van der Waals surface area contributed by atoms with Crippen LogP contribution in [0.25, 0.3) is 11.0 Å². The Labute approximate surface area is 147 Å². The number of hydrogen-bond donors (Lipinski definition) is 2. The average molecular weight is 336 g/mol. The Morgan fingerprint density at radius 3 is 2.88 bits per heavy atom. The first kappa shape index (κ1) is 15.9. The van der Waals surface area contributed by atoms with Gasteiger partial charge >= 0.3 is 0 Å². The highest BCUT2D eigenvalue weighted by Crippen LogP contribution is 2.40. The summed E-state index contributed by atoms with van der Waals surface area (Å²) >= 11 is 0. The van der Waals surface area contributed by atoms with Crippen molar-refractivity contribution < 1.29 is 0 Å². The lowest BCUT2D eigenvalue weighted by Crippen LogP contribution is -2.20. The fourth-order valence-electron chi connectivity index (χ4n) is 3.73. The van der Waals surface area contributed by atoms with Crippen LogP contribution < -0.4 is 11.1 Å². The number of rotatable bonds is 2. The molecule has 0 fully saturated rings. The number of benzene rings is 1. The summed E-state index contributed by atoms with van der Waals surface area (Å²) in [5.41, 5.74) is 9.84. The van der Waals surface area contributed by atoms with Crippen molar-refractivity contribution >= 4 is 22.8 Å². The van der Waals surface area contributed by atoms with Crippen LogP contribution in [0.1, 0.15) is 43.9 Å². The maximum Gasteiger partial charge on any atom is 0.227 e. The van der Waals surface area contributed by atoms with E-state index in [4.69, 9.17) is 5.73 Å². The van der Waals surface area contributed by atoms with Crippen molar-refractivity contribution in [2.24, 2.45) is 12.5 Å². The third kappa shape index (κ3) is 2.92. The van der Waals surface area contributed by atoms with Gasteiger partial charge in [0, 0.05) is 7.05 Å². The predicted octanol–water partition coefficient (Wildman–Crippen LogP) is 3.46. The second kappa shape index (κ2) is 5.72. The monoisotopic (exact) mass is 336 g/mol. The Kier molecular flexibility index (Phi) is 3.63. The number of hydrogen-bond acceptors (Lipinski definition) is 5. The number of nitrogens with zero attached hydrogens (tertiary/aromatic N) is 4. The number of nitrogens with one attached hydrogen (secondary N) is 1. The van der Waals surface area contributed by atoms with Crippen molar-refractivity contribution in [3.63, 3.8) is 0 Å². The van der Waals surface area contributed by atoms with Gasteiger partial charge in [-0.1, -0.05) is 38.1 Å². The highest BCUT2D eigenvalue weighted by Gasteiger charge is 2.30. The van der Waals surface area contributed by atoms with Crippen molar-refractivity contribution in [2.45, 2.75) is 39.2 Å². The molecule has 130 valence electrons. The van der Waals surface area contributed by atoms with E-state index in [1.807, 2.05) is 7.05 Å². The van der Waals surface area contributed by atoms with Gasteiger partial charge in [-0.15, -0.1) is 0 Å². The van der Waals surface area contributed by atoms with Gasteiger partial charge in [0.05, 0.1) is 17.6 Å². The second-order valence-corrected chi connectivity index (χ2v) is 7.70. The largest absolute Gasteiger partial charge is 0.383 e. The van der Waals surface area contributed by atoms with Gasteiger partial charge in [0.1, 0.15) is 5.82 Å². The third-order valence-corrected chi connectivity index (χ3v) is 5.18. The molecule has 1 unspecified atom stereocenters. The summed E-state index contributed by atoms with van der Waals surface area (Å²) in [6, 6.07) is 8.82. The first-order valence-corrected chi connectivity index (χ1v) is 8.72. The topological polar surface area (TPSA) is 81.7 Å². The Bertz CT molecular complexity index is 927. The average Bonchev–Trinajstić information content (AvgIpc) is 2.88. The van der Waals surface area contributed by atoms with E-state index in [0.29, 0.717) is 11.8 Å². The van der Waals surface area contributed by atoms with Gasteiger partial charge in [-0.05, 0) is 35.8 Å². The van der Waals surface area contributed by atoms with Crippen LogP contribution in [0, 0.1) is 5.41 Å². The van der Waals surface area contributed by atoms with Gasteiger partial charge in [0.15, 0.2) is 5.65 Å². The van der Waals surface area contributed by atoms with Crippen molar-refractivity contribution in [1.29, 1.82) is 0 Å². The lowest BCUT2D eigenvalue weighted by atomic mass is 9.83. The molecule has 1 aliphatic rings. The summed E-state index contributed by atoms with van der Waals surface area (Å²) in [7, 11) is 1.86.